The molecule has 1 rings (SSSR count). The Balaban J connectivity index is 0. The Morgan fingerprint density at radius 3 is 1.83 bits per heavy atom. The molecule has 0 amide bonds. The van der Waals surface area contributed by atoms with Gasteiger partial charge in [-0.2, -0.15) is 0 Å². The molecule has 1 nitrogen and oxygen atoms in total. The van der Waals surface area contributed by atoms with E-state index in [0.29, 0.717) is 0 Å². The maximum Gasteiger partial charge on any atom is 0.000398 e. The first-order valence-corrected chi connectivity index (χ1v) is 5.47. The van der Waals surface area contributed by atoms with Crippen LogP contribution in [0.2, 0.25) is 0 Å². The molecule has 0 spiro atoms. The molecule has 0 saturated carbocycles. The molecular formula is C11H27N. The van der Waals surface area contributed by atoms with Gasteiger partial charge in [0.2, 0.25) is 0 Å². The fourth-order valence-corrected chi connectivity index (χ4v) is 1.42. The number of piperidine rings is 1. The summed E-state index contributed by atoms with van der Waals surface area (Å²) in [6.07, 6.45) is 2.84. The quantitative estimate of drug-likeness (QED) is 0.542. The van der Waals surface area contributed by atoms with Crippen molar-refractivity contribution in [1.82, 2.24) is 4.90 Å². The number of hydrogen-bond donors (Lipinski definition) is 0. The Kier molecular flexibility index (Phi) is 13.2. The fourth-order valence-electron chi connectivity index (χ4n) is 1.42. The lowest BCUT2D eigenvalue weighted by Gasteiger charge is -2.26. The van der Waals surface area contributed by atoms with Crippen molar-refractivity contribution in [3.05, 3.63) is 0 Å². The van der Waals surface area contributed by atoms with E-state index in [0.717, 1.165) is 5.92 Å². The van der Waals surface area contributed by atoms with Gasteiger partial charge < -0.3 is 4.90 Å². The van der Waals surface area contributed by atoms with E-state index in [4.69, 9.17) is 0 Å². The van der Waals surface area contributed by atoms with Gasteiger partial charge in [0, 0.05) is 6.54 Å². The summed E-state index contributed by atoms with van der Waals surface area (Å²) in [5, 5.41) is 0. The summed E-state index contributed by atoms with van der Waals surface area (Å²) < 4.78 is 0. The third-order valence-electron chi connectivity index (χ3n) is 1.86. The van der Waals surface area contributed by atoms with Crippen molar-refractivity contribution in [1.29, 1.82) is 0 Å². The van der Waals surface area contributed by atoms with E-state index >= 15 is 0 Å². The van der Waals surface area contributed by atoms with Crippen LogP contribution in [0.15, 0.2) is 0 Å². The molecule has 1 saturated heterocycles. The zero-order valence-corrected chi connectivity index (χ0v) is 9.85. The van der Waals surface area contributed by atoms with Crippen molar-refractivity contribution >= 4 is 0 Å². The highest BCUT2D eigenvalue weighted by atomic mass is 15.1. The van der Waals surface area contributed by atoms with Crippen LogP contribution in [0.5, 0.6) is 0 Å². The van der Waals surface area contributed by atoms with Crippen LogP contribution in [0.25, 0.3) is 0 Å². The molecule has 0 radical (unpaired) electrons. The van der Waals surface area contributed by atoms with Gasteiger partial charge >= 0.3 is 0 Å². The molecule has 0 bridgehead atoms. The molecule has 0 aromatic heterocycles. The van der Waals surface area contributed by atoms with Crippen molar-refractivity contribution in [2.45, 2.75) is 47.5 Å². The monoisotopic (exact) mass is 173 g/mol. The first kappa shape index (κ1) is 14.5. The van der Waals surface area contributed by atoms with Gasteiger partial charge in [-0.15, -0.1) is 0 Å². The van der Waals surface area contributed by atoms with Crippen LogP contribution in [-0.2, 0) is 0 Å². The zero-order valence-electron chi connectivity index (χ0n) is 9.85. The minimum Gasteiger partial charge on any atom is -0.306 e. The third-order valence-corrected chi connectivity index (χ3v) is 1.86. The average molecular weight is 173 g/mol. The first-order valence-electron chi connectivity index (χ1n) is 5.47. The second-order valence-electron chi connectivity index (χ2n) is 3.01. The second-order valence-corrected chi connectivity index (χ2v) is 3.01. The molecule has 1 fully saturated rings. The molecule has 0 aromatic carbocycles. The zero-order chi connectivity index (χ0) is 9.98. The van der Waals surface area contributed by atoms with E-state index in [1.54, 1.807) is 0 Å². The maximum atomic E-state index is 2.41. The van der Waals surface area contributed by atoms with Gasteiger partial charge in [0.15, 0.2) is 0 Å². The lowest BCUT2D eigenvalue weighted by atomic mass is 10.0. The summed E-state index contributed by atoms with van der Waals surface area (Å²) in [6.45, 7) is 12.9. The largest absolute Gasteiger partial charge is 0.306 e. The third kappa shape index (κ3) is 8.06. The predicted octanol–water partition coefficient (Wildman–Crippen LogP) is 3.40. The Morgan fingerprint density at radius 2 is 1.58 bits per heavy atom. The topological polar surface area (TPSA) is 3.24 Å². The van der Waals surface area contributed by atoms with Gasteiger partial charge in [0.05, 0.1) is 0 Å². The van der Waals surface area contributed by atoms with Crippen LogP contribution in [0.1, 0.15) is 47.5 Å². The molecule has 1 heteroatoms. The van der Waals surface area contributed by atoms with Crippen molar-refractivity contribution in [2.75, 3.05) is 20.1 Å². The standard InChI is InChI=1S/C7H15N.2C2H6/c1-7-4-3-5-8(2)6-7;2*1-2/h7H,3-6H2,1-2H3;2*1-2H3/t7-;;/m0../s1. The van der Waals surface area contributed by atoms with Crippen molar-refractivity contribution < 1.29 is 0 Å². The Morgan fingerprint density at radius 1 is 1.08 bits per heavy atom. The van der Waals surface area contributed by atoms with E-state index in [-0.39, 0.29) is 0 Å². The van der Waals surface area contributed by atoms with Gasteiger partial charge in [-0.3, -0.25) is 0 Å². The summed E-state index contributed by atoms with van der Waals surface area (Å²) in [4.78, 5) is 2.41. The van der Waals surface area contributed by atoms with Crippen molar-refractivity contribution in [2.24, 2.45) is 5.92 Å². The molecule has 1 aliphatic heterocycles. The molecule has 0 unspecified atom stereocenters. The van der Waals surface area contributed by atoms with Crippen LogP contribution >= 0.6 is 0 Å². The van der Waals surface area contributed by atoms with Gasteiger partial charge in [-0.25, -0.2) is 0 Å². The van der Waals surface area contributed by atoms with E-state index in [9.17, 15) is 0 Å². The van der Waals surface area contributed by atoms with Gasteiger partial charge in [0.25, 0.3) is 0 Å². The number of likely N-dealkylation sites (tertiary alicyclic amines) is 1. The summed E-state index contributed by atoms with van der Waals surface area (Å²) in [5.74, 6) is 0.939. The van der Waals surface area contributed by atoms with Crippen molar-refractivity contribution in [3.8, 4) is 0 Å². The molecule has 1 atom stereocenters. The normalized spacial score (nSPS) is 23.0. The highest BCUT2D eigenvalue weighted by Gasteiger charge is 2.11. The van der Waals surface area contributed by atoms with Crippen molar-refractivity contribution in [3.63, 3.8) is 0 Å². The van der Waals surface area contributed by atoms with Gasteiger partial charge in [-0.05, 0) is 32.4 Å². The van der Waals surface area contributed by atoms with E-state index < -0.39 is 0 Å². The Bertz CT molecular complexity index is 63.4. The van der Waals surface area contributed by atoms with Gasteiger partial charge in [-0.1, -0.05) is 34.6 Å². The maximum absolute atomic E-state index is 2.41. The SMILES string of the molecule is CC.CC.C[C@H]1CCCN(C)C1. The summed E-state index contributed by atoms with van der Waals surface area (Å²) in [6, 6.07) is 0. The summed E-state index contributed by atoms with van der Waals surface area (Å²) in [5.41, 5.74) is 0. The molecular weight excluding hydrogens is 146 g/mol. The highest BCUT2D eigenvalue weighted by Crippen LogP contribution is 2.12. The fraction of sp³-hybridized carbons (Fsp3) is 1.00. The smallest absolute Gasteiger partial charge is 0.000398 e. The molecule has 1 heterocycles. The van der Waals surface area contributed by atoms with Crippen LogP contribution in [0.3, 0.4) is 0 Å². The lowest BCUT2D eigenvalue weighted by Crippen LogP contribution is -2.30. The highest BCUT2D eigenvalue weighted by molar-refractivity contribution is 4.65. The van der Waals surface area contributed by atoms with Gasteiger partial charge in [0.1, 0.15) is 0 Å². The van der Waals surface area contributed by atoms with Crippen LogP contribution in [0.4, 0.5) is 0 Å². The average Bonchev–Trinajstić information content (AvgIpc) is 2.11. The molecule has 0 aliphatic carbocycles. The van der Waals surface area contributed by atoms with Crippen LogP contribution < -0.4 is 0 Å². The van der Waals surface area contributed by atoms with E-state index in [1.807, 2.05) is 27.7 Å². The van der Waals surface area contributed by atoms with E-state index in [2.05, 4.69) is 18.9 Å². The number of nitrogens with zero attached hydrogens (tertiary/aromatic N) is 1. The Labute approximate surface area is 79.2 Å². The molecule has 12 heavy (non-hydrogen) atoms. The molecule has 0 N–H and O–H groups in total. The second kappa shape index (κ2) is 11.0. The molecule has 1 aliphatic rings. The van der Waals surface area contributed by atoms with E-state index in [1.165, 1.54) is 25.9 Å². The minimum absolute atomic E-state index is 0.939. The first-order chi connectivity index (χ1) is 5.79. The lowest BCUT2D eigenvalue weighted by molar-refractivity contribution is 0.221. The summed E-state index contributed by atoms with van der Waals surface area (Å²) >= 11 is 0. The predicted molar refractivity (Wildman–Crippen MR) is 58.6 cm³/mol. The Hall–Kier alpha value is -0.0400. The number of rotatable bonds is 0. The molecule has 0 aromatic rings. The molecule has 76 valence electrons. The number of hydrogen-bond acceptors (Lipinski definition) is 1. The summed E-state index contributed by atoms with van der Waals surface area (Å²) in [7, 11) is 2.20. The minimum atomic E-state index is 0.939. The van der Waals surface area contributed by atoms with Crippen LogP contribution in [-0.4, -0.2) is 25.0 Å². The van der Waals surface area contributed by atoms with Crippen LogP contribution in [0, 0.1) is 5.92 Å².